The number of methoxy groups -OCH3 is 1. The number of anilines is 1. The summed E-state index contributed by atoms with van der Waals surface area (Å²) < 4.78 is 11.2. The summed E-state index contributed by atoms with van der Waals surface area (Å²) in [6.07, 6.45) is 0.0199. The lowest BCUT2D eigenvalue weighted by atomic mass is 10.1. The summed E-state index contributed by atoms with van der Waals surface area (Å²) in [5.74, 6) is 0.679. The molecule has 0 bridgehead atoms. The Morgan fingerprint density at radius 3 is 2.48 bits per heavy atom. The Bertz CT molecular complexity index is 986. The van der Waals surface area contributed by atoms with Crippen molar-refractivity contribution in [1.29, 1.82) is 0 Å². The maximum absolute atomic E-state index is 12.8. The fourth-order valence-electron chi connectivity index (χ4n) is 3.10. The van der Waals surface area contributed by atoms with E-state index in [0.29, 0.717) is 17.2 Å². The predicted molar refractivity (Wildman–Crippen MR) is 119 cm³/mol. The summed E-state index contributed by atoms with van der Waals surface area (Å²) in [5.41, 5.74) is 5.40. The molecule has 1 atom stereocenters. The molecular weight excluding hydrogens is 396 g/mol. The molecule has 31 heavy (non-hydrogen) atoms. The molecule has 0 fully saturated rings. The second kappa shape index (κ2) is 9.51. The number of ether oxygens (including phenoxy) is 2. The molecule has 0 spiro atoms. The van der Waals surface area contributed by atoms with Crippen LogP contribution in [0.4, 0.5) is 5.69 Å². The fourth-order valence-corrected chi connectivity index (χ4v) is 3.10. The van der Waals surface area contributed by atoms with Crippen LogP contribution in [-0.4, -0.2) is 37.4 Å². The molecule has 0 saturated heterocycles. The first-order valence-electron chi connectivity index (χ1n) is 10.1. The van der Waals surface area contributed by atoms with Gasteiger partial charge >= 0.3 is 0 Å². The number of nitrogens with zero attached hydrogens (tertiary/aromatic N) is 2. The van der Waals surface area contributed by atoms with Gasteiger partial charge in [-0.05, 0) is 57.5 Å². The summed E-state index contributed by atoms with van der Waals surface area (Å²) in [6.45, 7) is 7.61. The van der Waals surface area contributed by atoms with Crippen molar-refractivity contribution in [2.45, 2.75) is 39.8 Å². The van der Waals surface area contributed by atoms with Crippen LogP contribution >= 0.6 is 0 Å². The number of amides is 2. The molecule has 1 aliphatic rings. The Balaban J connectivity index is 1.70. The number of rotatable bonds is 7. The van der Waals surface area contributed by atoms with Crippen LogP contribution in [0.5, 0.6) is 11.5 Å². The lowest BCUT2D eigenvalue weighted by molar-refractivity contribution is -0.118. The van der Waals surface area contributed by atoms with Crippen LogP contribution in [0.2, 0.25) is 0 Å². The van der Waals surface area contributed by atoms with Crippen molar-refractivity contribution in [2.75, 3.05) is 18.7 Å². The highest BCUT2D eigenvalue weighted by Crippen LogP contribution is 2.31. The molecule has 2 amide bonds. The quantitative estimate of drug-likeness (QED) is 0.713. The van der Waals surface area contributed by atoms with E-state index >= 15 is 0 Å². The third-order valence-corrected chi connectivity index (χ3v) is 4.74. The van der Waals surface area contributed by atoms with Crippen LogP contribution in [-0.2, 0) is 9.59 Å². The minimum absolute atomic E-state index is 0.0199. The lowest BCUT2D eigenvalue weighted by Gasteiger charge is -2.28. The fraction of sp³-hybridized carbons (Fsp3) is 0.348. The molecule has 1 aliphatic heterocycles. The molecular formula is C23H28N4O4. The zero-order valence-corrected chi connectivity index (χ0v) is 18.4. The van der Waals surface area contributed by atoms with Crippen LogP contribution in [0.3, 0.4) is 0 Å². The number of aliphatic imine (C=N–C) groups is 1. The third-order valence-electron chi connectivity index (χ3n) is 4.74. The molecule has 0 radical (unpaired) electrons. The first-order chi connectivity index (χ1) is 14.8. The Morgan fingerprint density at radius 1 is 1.13 bits per heavy atom. The van der Waals surface area contributed by atoms with Gasteiger partial charge in [0, 0.05) is 0 Å². The van der Waals surface area contributed by atoms with Crippen molar-refractivity contribution < 1.29 is 19.1 Å². The van der Waals surface area contributed by atoms with Gasteiger partial charge < -0.3 is 14.8 Å². The minimum atomic E-state index is -0.404. The summed E-state index contributed by atoms with van der Waals surface area (Å²) >= 11 is 0. The van der Waals surface area contributed by atoms with Gasteiger partial charge in [0.1, 0.15) is 6.54 Å². The maximum atomic E-state index is 12.8. The zero-order valence-electron chi connectivity index (χ0n) is 18.4. The van der Waals surface area contributed by atoms with Gasteiger partial charge in [0.05, 0.1) is 24.9 Å². The topological polar surface area (TPSA) is 92.3 Å². The van der Waals surface area contributed by atoms with Crippen LogP contribution in [0.1, 0.15) is 37.9 Å². The van der Waals surface area contributed by atoms with Gasteiger partial charge in [0.15, 0.2) is 11.5 Å². The second-order valence-electron chi connectivity index (χ2n) is 7.61. The van der Waals surface area contributed by atoms with E-state index in [4.69, 9.17) is 9.47 Å². The molecule has 0 aliphatic carbocycles. The van der Waals surface area contributed by atoms with Gasteiger partial charge in [-0.1, -0.05) is 23.8 Å². The number of hydrazine groups is 1. The van der Waals surface area contributed by atoms with Gasteiger partial charge in [-0.15, -0.1) is 0 Å². The van der Waals surface area contributed by atoms with Gasteiger partial charge in [0.2, 0.25) is 5.84 Å². The number of carbonyl (C=O) groups excluding carboxylic acids is 2. The van der Waals surface area contributed by atoms with Crippen molar-refractivity contribution in [1.82, 2.24) is 10.7 Å². The number of amidine groups is 1. The van der Waals surface area contributed by atoms with E-state index in [2.05, 4.69) is 15.7 Å². The number of carbonyl (C=O) groups is 2. The molecule has 3 rings (SSSR count). The van der Waals surface area contributed by atoms with Gasteiger partial charge in [-0.3, -0.25) is 20.0 Å². The Labute approximate surface area is 182 Å². The van der Waals surface area contributed by atoms with Crippen LogP contribution in [0, 0.1) is 6.92 Å². The van der Waals surface area contributed by atoms with Crippen molar-refractivity contribution in [3.63, 3.8) is 0 Å². The van der Waals surface area contributed by atoms with Crippen molar-refractivity contribution in [3.8, 4) is 11.5 Å². The molecule has 0 saturated carbocycles. The summed E-state index contributed by atoms with van der Waals surface area (Å²) in [5, 5.41) is 4.25. The standard InChI is InChI=1S/C23H28N4O4/c1-14(2)31-19-11-8-17(12-20(19)30-5)16(4)25-23(29)22-24-13-21(28)27(26-22)18-9-6-15(3)7-10-18/h6-12,14,16H,13H2,1-5H3,(H,24,26)(H,25,29). The number of hydrogen-bond acceptors (Lipinski definition) is 6. The normalized spacial score (nSPS) is 14.6. The van der Waals surface area contributed by atoms with E-state index in [1.54, 1.807) is 7.11 Å². The van der Waals surface area contributed by atoms with Crippen molar-refractivity contribution in [3.05, 3.63) is 53.6 Å². The highest BCUT2D eigenvalue weighted by Gasteiger charge is 2.26. The second-order valence-corrected chi connectivity index (χ2v) is 7.61. The van der Waals surface area contributed by atoms with Crippen LogP contribution < -0.4 is 25.2 Å². The Morgan fingerprint density at radius 2 is 1.84 bits per heavy atom. The Hall–Kier alpha value is -3.55. The molecule has 2 aromatic carbocycles. The summed E-state index contributed by atoms with van der Waals surface area (Å²) in [6, 6.07) is 12.7. The van der Waals surface area contributed by atoms with Crippen molar-refractivity contribution >= 4 is 23.3 Å². The number of aryl methyl sites for hydroxylation is 1. The molecule has 2 N–H and O–H groups in total. The largest absolute Gasteiger partial charge is 0.493 e. The first kappa shape index (κ1) is 22.1. The molecule has 0 aromatic heterocycles. The van der Waals surface area contributed by atoms with Crippen LogP contribution in [0.15, 0.2) is 47.5 Å². The van der Waals surface area contributed by atoms with Gasteiger partial charge in [-0.25, -0.2) is 5.01 Å². The lowest BCUT2D eigenvalue weighted by Crippen LogP contribution is -2.56. The summed E-state index contributed by atoms with van der Waals surface area (Å²) in [7, 11) is 1.58. The van der Waals surface area contributed by atoms with E-state index < -0.39 is 5.91 Å². The Kier molecular flexibility index (Phi) is 6.79. The maximum Gasteiger partial charge on any atom is 0.288 e. The summed E-state index contributed by atoms with van der Waals surface area (Å²) in [4.78, 5) is 29.1. The predicted octanol–water partition coefficient (Wildman–Crippen LogP) is 2.92. The van der Waals surface area contributed by atoms with Gasteiger partial charge in [-0.2, -0.15) is 0 Å². The SMILES string of the molecule is COc1cc(C(C)NC(=O)C2=NCC(=O)N(c3ccc(C)cc3)N2)ccc1OC(C)C. The molecule has 8 heteroatoms. The monoisotopic (exact) mass is 424 g/mol. The van der Waals surface area contributed by atoms with Crippen molar-refractivity contribution in [2.24, 2.45) is 4.99 Å². The highest BCUT2D eigenvalue weighted by molar-refractivity contribution is 6.39. The van der Waals surface area contributed by atoms with E-state index in [-0.39, 0.29) is 30.4 Å². The molecule has 1 heterocycles. The first-order valence-corrected chi connectivity index (χ1v) is 10.1. The third kappa shape index (κ3) is 5.33. The molecule has 2 aromatic rings. The molecule has 1 unspecified atom stereocenters. The number of nitrogens with one attached hydrogen (secondary N) is 2. The molecule has 8 nitrogen and oxygen atoms in total. The van der Waals surface area contributed by atoms with Gasteiger partial charge in [0.25, 0.3) is 11.8 Å². The van der Waals surface area contributed by atoms with E-state index in [1.165, 1.54) is 5.01 Å². The number of benzene rings is 2. The zero-order chi connectivity index (χ0) is 22.5. The van der Waals surface area contributed by atoms with Crippen LogP contribution in [0.25, 0.3) is 0 Å². The van der Waals surface area contributed by atoms with E-state index in [1.807, 2.05) is 70.2 Å². The average Bonchev–Trinajstić information content (AvgIpc) is 2.74. The molecule has 164 valence electrons. The minimum Gasteiger partial charge on any atom is -0.493 e. The smallest absolute Gasteiger partial charge is 0.288 e. The average molecular weight is 425 g/mol. The van der Waals surface area contributed by atoms with E-state index in [0.717, 1.165) is 11.1 Å². The number of hydrogen-bond donors (Lipinski definition) is 2. The van der Waals surface area contributed by atoms with E-state index in [9.17, 15) is 9.59 Å². The highest BCUT2D eigenvalue weighted by atomic mass is 16.5.